The number of rotatable bonds is 7. The predicted molar refractivity (Wildman–Crippen MR) is 125 cm³/mol. The number of likely N-dealkylation sites (tertiary alicyclic amines) is 2. The van der Waals surface area contributed by atoms with E-state index in [1.165, 1.54) is 0 Å². The molecule has 3 amide bonds. The average molecular weight is 436 g/mol. The van der Waals surface area contributed by atoms with Gasteiger partial charge in [0.2, 0.25) is 17.7 Å². The van der Waals surface area contributed by atoms with Crippen molar-refractivity contribution in [2.75, 3.05) is 26.2 Å². The molecule has 32 heavy (non-hydrogen) atoms. The molecular weight excluding hydrogens is 402 g/mol. The predicted octanol–water partition coefficient (Wildman–Crippen LogP) is 3.44. The molecule has 2 aromatic rings. The number of carbonyl (C=O) groups is 3. The fourth-order valence-corrected chi connectivity index (χ4v) is 4.99. The van der Waals surface area contributed by atoms with E-state index in [4.69, 9.17) is 0 Å². The summed E-state index contributed by atoms with van der Waals surface area (Å²) >= 11 is 0. The Kier molecular flexibility index (Phi) is 6.49. The highest BCUT2D eigenvalue weighted by molar-refractivity contribution is 5.88. The number of carbonyl (C=O) groups excluding carboxylic acids is 3. The fraction of sp³-hybridized carbons (Fsp3) is 0.500. The number of fused-ring (bicyclic) bond motifs is 1. The van der Waals surface area contributed by atoms with Crippen LogP contribution in [0.4, 0.5) is 0 Å². The van der Waals surface area contributed by atoms with Crippen molar-refractivity contribution in [3.05, 3.63) is 48.0 Å². The maximum atomic E-state index is 13.2. The van der Waals surface area contributed by atoms with Gasteiger partial charge in [-0.15, -0.1) is 0 Å². The summed E-state index contributed by atoms with van der Waals surface area (Å²) in [5, 5.41) is 5.53. The molecule has 0 spiro atoms. The van der Waals surface area contributed by atoms with Gasteiger partial charge >= 0.3 is 0 Å². The first-order chi connectivity index (χ1) is 15.3. The van der Waals surface area contributed by atoms with Crippen LogP contribution in [-0.2, 0) is 19.9 Å². The Morgan fingerprint density at radius 3 is 2.50 bits per heavy atom. The molecule has 170 valence electrons. The van der Waals surface area contributed by atoms with E-state index in [0.29, 0.717) is 38.9 Å². The Morgan fingerprint density at radius 2 is 1.72 bits per heavy atom. The SMILES string of the molecule is CC(C)(NC(=O)C1CCC(=O)N(CCCN2CCCC2=O)C1)c1cccc2ccccc12. The van der Waals surface area contributed by atoms with E-state index in [1.807, 2.05) is 36.9 Å². The molecule has 2 aromatic carbocycles. The van der Waals surface area contributed by atoms with Crippen molar-refractivity contribution in [3.63, 3.8) is 0 Å². The molecule has 2 aliphatic rings. The lowest BCUT2D eigenvalue weighted by Gasteiger charge is -2.35. The summed E-state index contributed by atoms with van der Waals surface area (Å²) < 4.78 is 0. The van der Waals surface area contributed by atoms with E-state index in [9.17, 15) is 14.4 Å². The lowest BCUT2D eigenvalue weighted by molar-refractivity contribution is -0.138. The van der Waals surface area contributed by atoms with Crippen molar-refractivity contribution in [2.45, 2.75) is 51.5 Å². The fourth-order valence-electron chi connectivity index (χ4n) is 4.99. The maximum Gasteiger partial charge on any atom is 0.225 e. The van der Waals surface area contributed by atoms with Gasteiger partial charge in [0.25, 0.3) is 0 Å². The summed E-state index contributed by atoms with van der Waals surface area (Å²) in [5.74, 6) is 0.100. The molecule has 4 rings (SSSR count). The van der Waals surface area contributed by atoms with Gasteiger partial charge in [-0.05, 0) is 49.4 Å². The molecule has 1 N–H and O–H groups in total. The van der Waals surface area contributed by atoms with Gasteiger partial charge in [0.1, 0.15) is 0 Å². The lowest BCUT2D eigenvalue weighted by atomic mass is 9.88. The summed E-state index contributed by atoms with van der Waals surface area (Å²) in [6.07, 6.45) is 3.30. The molecule has 0 aromatic heterocycles. The molecular formula is C26H33N3O3. The molecule has 1 atom stereocenters. The van der Waals surface area contributed by atoms with Crippen LogP contribution in [-0.4, -0.2) is 53.7 Å². The molecule has 2 fully saturated rings. The van der Waals surface area contributed by atoms with Crippen LogP contribution in [0.25, 0.3) is 10.8 Å². The van der Waals surface area contributed by atoms with Crippen molar-refractivity contribution >= 4 is 28.5 Å². The molecule has 6 nitrogen and oxygen atoms in total. The number of benzene rings is 2. The summed E-state index contributed by atoms with van der Waals surface area (Å²) in [4.78, 5) is 41.1. The van der Waals surface area contributed by atoms with Gasteiger partial charge < -0.3 is 15.1 Å². The monoisotopic (exact) mass is 435 g/mol. The highest BCUT2D eigenvalue weighted by atomic mass is 16.2. The number of hydrogen-bond donors (Lipinski definition) is 1. The van der Waals surface area contributed by atoms with E-state index in [2.05, 4.69) is 29.6 Å². The quantitative estimate of drug-likeness (QED) is 0.724. The molecule has 2 saturated heterocycles. The smallest absolute Gasteiger partial charge is 0.225 e. The Balaban J connectivity index is 1.38. The van der Waals surface area contributed by atoms with E-state index in [0.717, 1.165) is 35.7 Å². The first-order valence-electron chi connectivity index (χ1n) is 11.7. The highest BCUT2D eigenvalue weighted by Crippen LogP contribution is 2.29. The van der Waals surface area contributed by atoms with Crippen molar-refractivity contribution in [1.29, 1.82) is 0 Å². The molecule has 6 heteroatoms. The Bertz CT molecular complexity index is 1010. The van der Waals surface area contributed by atoms with Gasteiger partial charge in [0.05, 0.1) is 11.5 Å². The van der Waals surface area contributed by atoms with Gasteiger partial charge in [-0.1, -0.05) is 42.5 Å². The zero-order chi connectivity index (χ0) is 22.7. The average Bonchev–Trinajstić information content (AvgIpc) is 3.19. The number of nitrogens with zero attached hydrogens (tertiary/aromatic N) is 2. The number of amides is 3. The number of hydrogen-bond acceptors (Lipinski definition) is 3. The topological polar surface area (TPSA) is 69.7 Å². The maximum absolute atomic E-state index is 13.2. The molecule has 0 aliphatic carbocycles. The zero-order valence-corrected chi connectivity index (χ0v) is 19.1. The normalized spacial score (nSPS) is 19.6. The van der Waals surface area contributed by atoms with Crippen molar-refractivity contribution in [3.8, 4) is 0 Å². The second-order valence-corrected chi connectivity index (χ2v) is 9.55. The molecule has 0 saturated carbocycles. The van der Waals surface area contributed by atoms with E-state index < -0.39 is 5.54 Å². The first-order valence-corrected chi connectivity index (χ1v) is 11.7. The van der Waals surface area contributed by atoms with Gasteiger partial charge in [-0.25, -0.2) is 0 Å². The summed E-state index contributed by atoms with van der Waals surface area (Å²) in [5.41, 5.74) is 0.559. The van der Waals surface area contributed by atoms with Crippen LogP contribution >= 0.6 is 0 Å². The zero-order valence-electron chi connectivity index (χ0n) is 19.1. The Labute approximate surface area is 189 Å². The van der Waals surface area contributed by atoms with Gasteiger partial charge in [0, 0.05) is 39.0 Å². The first kappa shape index (κ1) is 22.3. The second kappa shape index (κ2) is 9.31. The summed E-state index contributed by atoms with van der Waals surface area (Å²) in [7, 11) is 0. The van der Waals surface area contributed by atoms with Crippen LogP contribution in [0.5, 0.6) is 0 Å². The second-order valence-electron chi connectivity index (χ2n) is 9.55. The minimum absolute atomic E-state index is 0.00449. The Morgan fingerprint density at radius 1 is 1.00 bits per heavy atom. The van der Waals surface area contributed by atoms with E-state index in [1.54, 1.807) is 4.90 Å². The largest absolute Gasteiger partial charge is 0.347 e. The van der Waals surface area contributed by atoms with Crippen LogP contribution in [0.15, 0.2) is 42.5 Å². The summed E-state index contributed by atoms with van der Waals surface area (Å²) in [6, 6.07) is 14.4. The Hall–Kier alpha value is -2.89. The van der Waals surface area contributed by atoms with Crippen LogP contribution in [0.3, 0.4) is 0 Å². The number of nitrogens with one attached hydrogen (secondary N) is 1. The molecule has 0 radical (unpaired) electrons. The van der Waals surface area contributed by atoms with Gasteiger partial charge in [-0.3, -0.25) is 14.4 Å². The third-order valence-corrected chi connectivity index (χ3v) is 6.80. The highest BCUT2D eigenvalue weighted by Gasteiger charge is 2.33. The van der Waals surface area contributed by atoms with Crippen LogP contribution in [0.1, 0.15) is 51.5 Å². The van der Waals surface area contributed by atoms with Crippen LogP contribution in [0.2, 0.25) is 0 Å². The van der Waals surface area contributed by atoms with Crippen LogP contribution in [0, 0.1) is 5.92 Å². The standard InChI is InChI=1S/C26H33N3O3/c1-26(2,22-11-5-9-19-8-3-4-10-21(19)22)27-25(32)20-13-14-24(31)29(18-20)17-7-16-28-15-6-12-23(28)30/h3-5,8-11,20H,6-7,12-18H2,1-2H3,(H,27,32). The van der Waals surface area contributed by atoms with E-state index >= 15 is 0 Å². The molecule has 0 bridgehead atoms. The van der Waals surface area contributed by atoms with Crippen molar-refractivity contribution in [2.24, 2.45) is 5.92 Å². The molecule has 2 aliphatic heterocycles. The lowest BCUT2D eigenvalue weighted by Crippen LogP contribution is -2.50. The minimum Gasteiger partial charge on any atom is -0.347 e. The van der Waals surface area contributed by atoms with Crippen LogP contribution < -0.4 is 5.32 Å². The number of piperidine rings is 1. The van der Waals surface area contributed by atoms with E-state index in [-0.39, 0.29) is 23.6 Å². The van der Waals surface area contributed by atoms with Gasteiger partial charge in [0.15, 0.2) is 0 Å². The molecule has 2 heterocycles. The van der Waals surface area contributed by atoms with Gasteiger partial charge in [-0.2, -0.15) is 0 Å². The summed E-state index contributed by atoms with van der Waals surface area (Å²) in [6.45, 7) is 6.62. The van der Waals surface area contributed by atoms with Crippen molar-refractivity contribution in [1.82, 2.24) is 15.1 Å². The van der Waals surface area contributed by atoms with Crippen molar-refractivity contribution < 1.29 is 14.4 Å². The molecule has 1 unspecified atom stereocenters. The minimum atomic E-state index is -0.527. The third kappa shape index (κ3) is 4.79. The third-order valence-electron chi connectivity index (χ3n) is 6.80.